The number of aromatic nitrogens is 3. The SMILES string of the molecule is CN1CCN(c2ccc(C(=O)Nc3n[nH]c4nc(Nc5ccc(F)cc5F)ccc34)c(N(C(=O)C(F)(F)F)C3CCOCC3)c2)CC1. The molecule has 3 N–H and O–H groups in total. The Morgan fingerprint density at radius 3 is 2.45 bits per heavy atom. The summed E-state index contributed by atoms with van der Waals surface area (Å²) in [5.74, 6) is -4.18. The zero-order valence-electron chi connectivity index (χ0n) is 25.2. The average Bonchev–Trinajstić information content (AvgIpc) is 3.44. The number of carbonyl (C=O) groups excluding carboxylic acids is 2. The third-order valence-corrected chi connectivity index (χ3v) is 8.22. The predicted octanol–water partition coefficient (Wildman–Crippen LogP) is 5.06. The molecule has 2 fully saturated rings. The molecule has 0 radical (unpaired) electrons. The number of carbonyl (C=O) groups is 2. The van der Waals surface area contributed by atoms with Crippen LogP contribution in [0.5, 0.6) is 0 Å². The van der Waals surface area contributed by atoms with Crippen LogP contribution in [0.1, 0.15) is 23.2 Å². The van der Waals surface area contributed by atoms with E-state index >= 15 is 0 Å². The lowest BCUT2D eigenvalue weighted by Gasteiger charge is -2.37. The smallest absolute Gasteiger partial charge is 0.381 e. The second-order valence-electron chi connectivity index (χ2n) is 11.4. The van der Waals surface area contributed by atoms with Crippen LogP contribution in [0.25, 0.3) is 11.0 Å². The fraction of sp³-hybridized carbons (Fsp3) is 0.355. The lowest BCUT2D eigenvalue weighted by atomic mass is 10.0. The van der Waals surface area contributed by atoms with Crippen molar-refractivity contribution in [1.82, 2.24) is 20.1 Å². The first-order valence-electron chi connectivity index (χ1n) is 14.9. The summed E-state index contributed by atoms with van der Waals surface area (Å²) >= 11 is 0. The highest BCUT2D eigenvalue weighted by atomic mass is 19.4. The Bertz CT molecular complexity index is 1780. The van der Waals surface area contributed by atoms with Gasteiger partial charge in [-0.2, -0.15) is 18.3 Å². The Labute approximate surface area is 265 Å². The van der Waals surface area contributed by atoms with E-state index in [2.05, 4.69) is 30.7 Å². The molecule has 2 aromatic carbocycles. The summed E-state index contributed by atoms with van der Waals surface area (Å²) in [6.07, 6.45) is -4.87. The maximum absolute atomic E-state index is 14.1. The number of pyridine rings is 1. The van der Waals surface area contributed by atoms with Gasteiger partial charge in [0.05, 0.1) is 22.3 Å². The number of anilines is 5. The summed E-state index contributed by atoms with van der Waals surface area (Å²) < 4.78 is 74.9. The third-order valence-electron chi connectivity index (χ3n) is 8.22. The number of halogens is 5. The maximum atomic E-state index is 14.1. The number of likely N-dealkylation sites (N-methyl/N-ethyl adjacent to an activating group) is 1. The van der Waals surface area contributed by atoms with Gasteiger partial charge in [0.1, 0.15) is 17.5 Å². The van der Waals surface area contributed by atoms with Crippen molar-refractivity contribution < 1.29 is 36.3 Å². The number of alkyl halides is 3. The fourth-order valence-electron chi connectivity index (χ4n) is 5.70. The van der Waals surface area contributed by atoms with E-state index in [0.29, 0.717) is 29.1 Å². The van der Waals surface area contributed by atoms with Crippen LogP contribution in [0, 0.1) is 11.6 Å². The fourth-order valence-corrected chi connectivity index (χ4v) is 5.70. The van der Waals surface area contributed by atoms with Crippen molar-refractivity contribution in [2.45, 2.75) is 25.1 Å². The molecular formula is C31H31F5N8O3. The molecule has 11 nitrogen and oxygen atoms in total. The number of amides is 2. The predicted molar refractivity (Wildman–Crippen MR) is 165 cm³/mol. The highest BCUT2D eigenvalue weighted by Gasteiger charge is 2.46. The van der Waals surface area contributed by atoms with Crippen molar-refractivity contribution in [3.63, 3.8) is 0 Å². The summed E-state index contributed by atoms with van der Waals surface area (Å²) in [5.41, 5.74) is 0.458. The van der Waals surface area contributed by atoms with E-state index in [9.17, 15) is 31.5 Å². The van der Waals surface area contributed by atoms with Gasteiger partial charge in [0.15, 0.2) is 11.5 Å². The molecule has 0 unspecified atom stereocenters. The number of ether oxygens (including phenoxy) is 1. The number of piperazine rings is 1. The summed E-state index contributed by atoms with van der Waals surface area (Å²) in [6.45, 7) is 3.04. The van der Waals surface area contributed by atoms with Gasteiger partial charge >= 0.3 is 12.1 Å². The Morgan fingerprint density at radius 2 is 1.74 bits per heavy atom. The molecule has 0 saturated carbocycles. The van der Waals surface area contributed by atoms with Gasteiger partial charge in [0.25, 0.3) is 5.91 Å². The number of aromatic amines is 1. The Morgan fingerprint density at radius 1 is 1.00 bits per heavy atom. The minimum Gasteiger partial charge on any atom is -0.381 e. The molecule has 2 amide bonds. The van der Waals surface area contributed by atoms with Crippen molar-refractivity contribution >= 4 is 51.5 Å². The molecule has 16 heteroatoms. The van der Waals surface area contributed by atoms with E-state index in [0.717, 1.165) is 25.2 Å². The second-order valence-corrected chi connectivity index (χ2v) is 11.4. The van der Waals surface area contributed by atoms with Crippen LogP contribution in [-0.4, -0.2) is 90.6 Å². The van der Waals surface area contributed by atoms with Gasteiger partial charge in [0.2, 0.25) is 0 Å². The van der Waals surface area contributed by atoms with Crippen molar-refractivity contribution in [3.8, 4) is 0 Å². The van der Waals surface area contributed by atoms with Gasteiger partial charge in [-0.25, -0.2) is 13.8 Å². The molecule has 2 aliphatic rings. The van der Waals surface area contributed by atoms with Gasteiger partial charge in [-0.1, -0.05) is 0 Å². The number of fused-ring (bicyclic) bond motifs is 1. The van der Waals surface area contributed by atoms with E-state index in [1.165, 1.54) is 24.3 Å². The number of rotatable bonds is 7. The Kier molecular flexibility index (Phi) is 8.96. The van der Waals surface area contributed by atoms with Gasteiger partial charge < -0.3 is 30.1 Å². The van der Waals surface area contributed by atoms with Crippen LogP contribution in [-0.2, 0) is 9.53 Å². The summed E-state index contributed by atoms with van der Waals surface area (Å²) in [6, 6.07) is 9.75. The molecule has 2 aromatic heterocycles. The van der Waals surface area contributed by atoms with Gasteiger partial charge in [-0.15, -0.1) is 0 Å². The van der Waals surface area contributed by atoms with Crippen LogP contribution in [0.3, 0.4) is 0 Å². The van der Waals surface area contributed by atoms with E-state index in [1.807, 2.05) is 11.9 Å². The van der Waals surface area contributed by atoms with Gasteiger partial charge in [-0.3, -0.25) is 14.7 Å². The second kappa shape index (κ2) is 13.1. The first-order chi connectivity index (χ1) is 22.5. The zero-order chi connectivity index (χ0) is 33.3. The molecule has 0 atom stereocenters. The molecule has 2 aliphatic heterocycles. The molecule has 4 aromatic rings. The van der Waals surface area contributed by atoms with Gasteiger partial charge in [-0.05, 0) is 62.4 Å². The molecule has 248 valence electrons. The molecule has 0 spiro atoms. The van der Waals surface area contributed by atoms with Crippen molar-refractivity contribution in [2.24, 2.45) is 0 Å². The quantitative estimate of drug-likeness (QED) is 0.236. The lowest BCUT2D eigenvalue weighted by molar-refractivity contribution is -0.171. The van der Waals surface area contributed by atoms with Gasteiger partial charge in [0, 0.05) is 57.2 Å². The molecule has 2 saturated heterocycles. The Balaban J connectivity index is 1.33. The topological polar surface area (TPSA) is 119 Å². The van der Waals surface area contributed by atoms with E-state index < -0.39 is 35.7 Å². The monoisotopic (exact) mass is 658 g/mol. The standard InChI is InChI=1S/C31H31F5N8O3/c1-42-10-12-43(13-11-42)20-3-4-21(25(17-20)44(30(46)31(34,35)36)19-8-14-47-15-9-19)29(45)39-28-22-5-7-26(38-27(22)40-41-28)37-24-6-2-18(32)16-23(24)33/h2-7,16-17,19H,8-15H2,1H3,(H3,37,38,39,40,41,45). The number of benzene rings is 2. The molecule has 47 heavy (non-hydrogen) atoms. The zero-order valence-corrected chi connectivity index (χ0v) is 25.2. The minimum absolute atomic E-state index is 0.0127. The van der Waals surface area contributed by atoms with Crippen LogP contribution in [0.15, 0.2) is 48.5 Å². The van der Waals surface area contributed by atoms with Crippen LogP contribution < -0.4 is 20.4 Å². The number of hydrogen-bond donors (Lipinski definition) is 3. The van der Waals surface area contributed by atoms with Crippen LogP contribution >= 0.6 is 0 Å². The van der Waals surface area contributed by atoms with Crippen molar-refractivity contribution in [2.75, 3.05) is 66.9 Å². The number of H-pyrrole nitrogens is 1. The molecular weight excluding hydrogens is 627 g/mol. The number of nitrogens with zero attached hydrogens (tertiary/aromatic N) is 5. The first kappa shape index (κ1) is 32.1. The molecule has 6 rings (SSSR count). The van der Waals surface area contributed by atoms with E-state index in [-0.39, 0.29) is 60.3 Å². The van der Waals surface area contributed by atoms with Crippen LogP contribution in [0.2, 0.25) is 0 Å². The maximum Gasteiger partial charge on any atom is 0.471 e. The van der Waals surface area contributed by atoms with Crippen LogP contribution in [0.4, 0.5) is 50.6 Å². The first-order valence-corrected chi connectivity index (χ1v) is 14.9. The molecule has 4 heterocycles. The largest absolute Gasteiger partial charge is 0.471 e. The summed E-state index contributed by atoms with van der Waals surface area (Å²) in [7, 11) is 1.97. The third kappa shape index (κ3) is 6.97. The Hall–Kier alpha value is -4.83. The average molecular weight is 659 g/mol. The van der Waals surface area contributed by atoms with E-state index in [4.69, 9.17) is 4.74 Å². The number of hydrogen-bond acceptors (Lipinski definition) is 8. The highest BCUT2D eigenvalue weighted by Crippen LogP contribution is 2.35. The summed E-state index contributed by atoms with van der Waals surface area (Å²) in [4.78, 5) is 35.9. The van der Waals surface area contributed by atoms with E-state index in [1.54, 1.807) is 12.1 Å². The normalized spacial score (nSPS) is 16.3. The molecule has 0 bridgehead atoms. The minimum atomic E-state index is -5.19. The lowest BCUT2D eigenvalue weighted by Crippen LogP contribution is -2.50. The molecule has 0 aliphatic carbocycles. The highest BCUT2D eigenvalue weighted by molar-refractivity contribution is 6.13. The number of nitrogens with one attached hydrogen (secondary N) is 3. The van der Waals surface area contributed by atoms with Crippen molar-refractivity contribution in [1.29, 1.82) is 0 Å². The van der Waals surface area contributed by atoms with Crippen molar-refractivity contribution in [3.05, 3.63) is 65.7 Å². The summed E-state index contributed by atoms with van der Waals surface area (Å²) in [5, 5.41) is 12.5.